The van der Waals surface area contributed by atoms with Crippen molar-refractivity contribution in [2.24, 2.45) is 11.3 Å². The van der Waals surface area contributed by atoms with Crippen molar-refractivity contribution in [2.45, 2.75) is 70.8 Å². The summed E-state index contributed by atoms with van der Waals surface area (Å²) in [6, 6.07) is 24.3. The first-order valence-electron chi connectivity index (χ1n) is 15.8. The van der Waals surface area contributed by atoms with Crippen molar-refractivity contribution in [1.29, 1.82) is 0 Å². The highest BCUT2D eigenvalue weighted by molar-refractivity contribution is 7.98. The lowest BCUT2D eigenvalue weighted by Gasteiger charge is -2.59. The Morgan fingerprint density at radius 1 is 0.830 bits per heavy atom. The molecule has 0 aromatic heterocycles. The van der Waals surface area contributed by atoms with Crippen LogP contribution in [0.1, 0.15) is 72.6 Å². The Kier molecular flexibility index (Phi) is 9.68. The van der Waals surface area contributed by atoms with E-state index in [4.69, 9.17) is 9.16 Å². The number of likely N-dealkylation sites (tertiary alicyclic amines) is 1. The smallest absolute Gasteiger partial charge is 0.334 e. The molecule has 0 bridgehead atoms. The molecule has 2 aliphatic heterocycles. The molecule has 3 aromatic carbocycles. The second kappa shape index (κ2) is 13.3. The van der Waals surface area contributed by atoms with Gasteiger partial charge in [0.2, 0.25) is 5.91 Å². The number of fused-ring (bicyclic) bond motifs is 1. The highest BCUT2D eigenvalue weighted by Gasteiger charge is 2.65. The highest BCUT2D eigenvalue weighted by Crippen LogP contribution is 2.53. The van der Waals surface area contributed by atoms with Gasteiger partial charge in [-0.05, 0) is 73.1 Å². The van der Waals surface area contributed by atoms with E-state index in [9.17, 15) is 19.2 Å². The standard InChI is InChI=1S/C37H42N2O6SSi/c1-23(2)29(35(43)44-30(24-17-11-9-12-18-24)25-19-13-10-14-20-25)38-33(42)28(37(6,36(3,4)5)45-47(7)8)34(38)46-39-31(40)26-21-15-16-22-27(26)32(39)41/h9-22,28-30,34,47H,1H2,2-8H3/t28?,29?,34?,37-/m0/s1. The summed E-state index contributed by atoms with van der Waals surface area (Å²) in [5.74, 6) is -2.69. The first kappa shape index (κ1) is 34.3. The number of amides is 3. The second-order valence-corrected chi connectivity index (χ2v) is 17.0. The summed E-state index contributed by atoms with van der Waals surface area (Å²) in [7, 11) is -1.71. The Morgan fingerprint density at radius 2 is 1.30 bits per heavy atom. The van der Waals surface area contributed by atoms with Gasteiger partial charge < -0.3 is 14.1 Å². The van der Waals surface area contributed by atoms with Gasteiger partial charge in [-0.15, -0.1) is 0 Å². The van der Waals surface area contributed by atoms with Crippen LogP contribution in [-0.2, 0) is 18.8 Å². The number of carbonyl (C=O) groups is 4. The van der Waals surface area contributed by atoms with Crippen molar-refractivity contribution in [1.82, 2.24) is 9.21 Å². The van der Waals surface area contributed by atoms with Gasteiger partial charge >= 0.3 is 5.97 Å². The molecular formula is C37H42N2O6SSi. The van der Waals surface area contributed by atoms with E-state index in [1.165, 1.54) is 4.90 Å². The maximum Gasteiger partial charge on any atom is 0.334 e. The van der Waals surface area contributed by atoms with Crippen LogP contribution in [0.2, 0.25) is 13.1 Å². The van der Waals surface area contributed by atoms with E-state index < -0.39 is 61.3 Å². The molecule has 2 aliphatic rings. The predicted molar refractivity (Wildman–Crippen MR) is 186 cm³/mol. The maximum atomic E-state index is 14.5. The lowest BCUT2D eigenvalue weighted by molar-refractivity contribution is -0.185. The summed E-state index contributed by atoms with van der Waals surface area (Å²) in [5.41, 5.74) is 1.05. The Balaban J connectivity index is 1.55. The number of hydrogen-bond acceptors (Lipinski definition) is 7. The van der Waals surface area contributed by atoms with Gasteiger partial charge in [-0.1, -0.05) is 100 Å². The summed E-state index contributed by atoms with van der Waals surface area (Å²) in [6.45, 7) is 17.8. The lowest BCUT2D eigenvalue weighted by atomic mass is 9.66. The minimum atomic E-state index is -1.71. The summed E-state index contributed by atoms with van der Waals surface area (Å²) in [5, 5.41) is -0.817. The molecule has 10 heteroatoms. The summed E-state index contributed by atoms with van der Waals surface area (Å²) < 4.78 is 14.0. The third kappa shape index (κ3) is 6.34. The first-order chi connectivity index (χ1) is 22.2. The van der Waals surface area contributed by atoms with E-state index in [1.807, 2.05) is 101 Å². The number of hydrogen-bond donors (Lipinski definition) is 0. The van der Waals surface area contributed by atoms with E-state index >= 15 is 0 Å². The molecule has 1 saturated heterocycles. The number of esters is 1. The number of ether oxygens (including phenoxy) is 1. The van der Waals surface area contributed by atoms with Gasteiger partial charge in [0.05, 0.1) is 22.6 Å². The minimum Gasteiger partial charge on any atom is -0.451 e. The van der Waals surface area contributed by atoms with Crippen LogP contribution in [0, 0.1) is 11.3 Å². The molecule has 0 N–H and O–H groups in total. The Morgan fingerprint density at radius 3 is 1.72 bits per heavy atom. The topological polar surface area (TPSA) is 93.2 Å². The molecule has 3 amide bonds. The van der Waals surface area contributed by atoms with Gasteiger partial charge in [-0.25, -0.2) is 9.10 Å². The average Bonchev–Trinajstić information content (AvgIpc) is 3.26. The molecule has 0 saturated carbocycles. The molecule has 47 heavy (non-hydrogen) atoms. The van der Waals surface area contributed by atoms with Gasteiger partial charge in [0.1, 0.15) is 5.37 Å². The van der Waals surface area contributed by atoms with Crippen LogP contribution in [0.3, 0.4) is 0 Å². The fourth-order valence-electron chi connectivity index (χ4n) is 6.27. The van der Waals surface area contributed by atoms with Gasteiger partial charge in [-0.3, -0.25) is 14.4 Å². The van der Waals surface area contributed by atoms with Gasteiger partial charge in [0.15, 0.2) is 21.2 Å². The number of benzene rings is 3. The number of imide groups is 1. The minimum absolute atomic E-state index is 0.299. The van der Waals surface area contributed by atoms with E-state index in [0.717, 1.165) is 27.4 Å². The van der Waals surface area contributed by atoms with Crippen molar-refractivity contribution < 1.29 is 28.3 Å². The van der Waals surface area contributed by atoms with Crippen molar-refractivity contribution in [3.05, 3.63) is 119 Å². The first-order valence-corrected chi connectivity index (χ1v) is 19.4. The van der Waals surface area contributed by atoms with Crippen LogP contribution in [0.5, 0.6) is 0 Å². The van der Waals surface area contributed by atoms with E-state index in [1.54, 1.807) is 31.2 Å². The molecule has 246 valence electrons. The SMILES string of the molecule is C=C(C)C(C(=O)OC(c1ccccc1)c1ccccc1)N1C(=O)C([C@](C)(O[SiH](C)C)C(C)(C)C)C1SN1C(=O)c2ccccc2C1=O. The fourth-order valence-corrected chi connectivity index (χ4v) is 9.18. The molecule has 0 spiro atoms. The average molecular weight is 671 g/mol. The van der Waals surface area contributed by atoms with Crippen LogP contribution in [0.25, 0.3) is 0 Å². The van der Waals surface area contributed by atoms with Crippen molar-refractivity contribution >= 4 is 44.7 Å². The molecule has 3 aromatic rings. The summed E-state index contributed by atoms with van der Waals surface area (Å²) >= 11 is 0.957. The largest absolute Gasteiger partial charge is 0.451 e. The quantitative estimate of drug-likeness (QED) is 0.0554. The van der Waals surface area contributed by atoms with Crippen LogP contribution in [0.4, 0.5) is 0 Å². The molecule has 0 aliphatic carbocycles. The predicted octanol–water partition coefficient (Wildman–Crippen LogP) is 6.80. The molecule has 8 nitrogen and oxygen atoms in total. The molecule has 4 atom stereocenters. The molecule has 5 rings (SSSR count). The van der Waals surface area contributed by atoms with Crippen molar-refractivity contribution in [2.75, 3.05) is 0 Å². The third-order valence-corrected chi connectivity index (χ3v) is 11.2. The number of β-lactam (4-membered cyclic amide) rings is 1. The number of nitrogens with zero attached hydrogens (tertiary/aromatic N) is 2. The Labute approximate surface area is 283 Å². The zero-order valence-electron chi connectivity index (χ0n) is 27.9. The van der Waals surface area contributed by atoms with Crippen LogP contribution >= 0.6 is 11.9 Å². The highest BCUT2D eigenvalue weighted by atomic mass is 32.2. The summed E-state index contributed by atoms with van der Waals surface area (Å²) in [4.78, 5) is 57.3. The number of carbonyl (C=O) groups excluding carboxylic acids is 4. The van der Waals surface area contributed by atoms with Gasteiger partial charge in [0, 0.05) is 0 Å². The molecule has 1 fully saturated rings. The van der Waals surface area contributed by atoms with Gasteiger partial charge in [0.25, 0.3) is 11.8 Å². The number of rotatable bonds is 11. The van der Waals surface area contributed by atoms with Gasteiger partial charge in [-0.2, -0.15) is 0 Å². The Bertz CT molecular complexity index is 1620. The summed E-state index contributed by atoms with van der Waals surface area (Å²) in [6.07, 6.45) is -0.739. The fraction of sp³-hybridized carbons (Fsp3) is 0.351. The van der Waals surface area contributed by atoms with Crippen LogP contribution in [-0.4, -0.2) is 59.0 Å². The lowest BCUT2D eigenvalue weighted by Crippen LogP contribution is -2.74. The zero-order valence-corrected chi connectivity index (χ0v) is 29.9. The Hall–Kier alpha value is -3.99. The van der Waals surface area contributed by atoms with E-state index in [2.05, 4.69) is 6.58 Å². The van der Waals surface area contributed by atoms with Crippen LogP contribution in [0.15, 0.2) is 97.1 Å². The second-order valence-electron chi connectivity index (χ2n) is 13.6. The zero-order chi connectivity index (χ0) is 34.3. The monoisotopic (exact) mass is 670 g/mol. The molecule has 3 unspecified atom stereocenters. The third-order valence-electron chi connectivity index (χ3n) is 9.02. The molecule has 0 radical (unpaired) electrons. The van der Waals surface area contributed by atoms with Crippen molar-refractivity contribution in [3.8, 4) is 0 Å². The molecular weight excluding hydrogens is 629 g/mol. The normalized spacial score (nSPS) is 19.8. The van der Waals surface area contributed by atoms with E-state index in [-0.39, 0.29) is 5.91 Å². The molecule has 2 heterocycles. The maximum absolute atomic E-state index is 14.5. The van der Waals surface area contributed by atoms with E-state index in [0.29, 0.717) is 16.7 Å². The van der Waals surface area contributed by atoms with Crippen molar-refractivity contribution in [3.63, 3.8) is 0 Å². The van der Waals surface area contributed by atoms with Crippen LogP contribution < -0.4 is 0 Å².